The number of likely N-dealkylation sites (N-methyl/N-ethyl adjacent to an activating group) is 1. The number of nitrogens with zero attached hydrogens (tertiary/aromatic N) is 1. The minimum absolute atomic E-state index is 0.694. The molecule has 1 N–H and O–H groups in total. The zero-order chi connectivity index (χ0) is 7.56. The van der Waals surface area contributed by atoms with Crippen molar-refractivity contribution in [2.24, 2.45) is 0 Å². The molecule has 2 heteroatoms. The predicted octanol–water partition coefficient (Wildman–Crippen LogP) is 0.688. The minimum atomic E-state index is 0.694. The largest absolute Gasteiger partial charge is 0.313 e. The van der Waals surface area contributed by atoms with E-state index in [1.165, 1.54) is 13.0 Å². The Hall–Kier alpha value is -0.0800. The Morgan fingerprint density at radius 3 is 2.80 bits per heavy atom. The molecule has 2 nitrogen and oxygen atoms in total. The van der Waals surface area contributed by atoms with Crippen molar-refractivity contribution >= 4 is 0 Å². The quantitative estimate of drug-likeness (QED) is 0.535. The van der Waals surface area contributed by atoms with E-state index in [1.54, 1.807) is 0 Å². The monoisotopic (exact) mass is 142 g/mol. The van der Waals surface area contributed by atoms with E-state index < -0.39 is 0 Å². The molecule has 0 bridgehead atoms. The molecule has 60 valence electrons. The first-order chi connectivity index (χ1) is 4.70. The highest BCUT2D eigenvalue weighted by atomic mass is 15.2. The second-order valence-corrected chi connectivity index (χ2v) is 3.42. The second kappa shape index (κ2) is 3.35. The van der Waals surface area contributed by atoms with Gasteiger partial charge in [-0.3, -0.25) is 0 Å². The van der Waals surface area contributed by atoms with E-state index in [1.807, 2.05) is 0 Å². The fourth-order valence-corrected chi connectivity index (χ4v) is 1.48. The van der Waals surface area contributed by atoms with Crippen LogP contribution in [0.4, 0.5) is 0 Å². The fraction of sp³-hybridized carbons (Fsp3) is 1.00. The van der Waals surface area contributed by atoms with Gasteiger partial charge in [-0.05, 0) is 27.3 Å². The Morgan fingerprint density at radius 1 is 1.40 bits per heavy atom. The highest BCUT2D eigenvalue weighted by Crippen LogP contribution is 2.06. The third-order valence-corrected chi connectivity index (χ3v) is 2.40. The van der Waals surface area contributed by atoms with E-state index in [0.717, 1.165) is 12.6 Å². The Morgan fingerprint density at radius 2 is 2.10 bits per heavy atom. The van der Waals surface area contributed by atoms with Crippen LogP contribution >= 0.6 is 0 Å². The van der Waals surface area contributed by atoms with Crippen LogP contribution in [0.1, 0.15) is 20.3 Å². The number of rotatable bonds is 0. The van der Waals surface area contributed by atoms with Crippen molar-refractivity contribution in [1.29, 1.82) is 0 Å². The van der Waals surface area contributed by atoms with Crippen molar-refractivity contribution in [2.45, 2.75) is 32.4 Å². The minimum Gasteiger partial charge on any atom is -0.313 e. The number of hydrogen-bond acceptors (Lipinski definition) is 2. The number of hydrogen-bond donors (Lipinski definition) is 1. The van der Waals surface area contributed by atoms with Crippen molar-refractivity contribution in [3.63, 3.8) is 0 Å². The molecule has 0 aromatic heterocycles. The predicted molar refractivity (Wildman–Crippen MR) is 44.2 cm³/mol. The third kappa shape index (κ3) is 1.96. The van der Waals surface area contributed by atoms with Gasteiger partial charge in [0.1, 0.15) is 0 Å². The van der Waals surface area contributed by atoms with Gasteiger partial charge in [0.05, 0.1) is 0 Å². The van der Waals surface area contributed by atoms with Crippen molar-refractivity contribution in [3.8, 4) is 0 Å². The van der Waals surface area contributed by atoms with E-state index in [-0.39, 0.29) is 0 Å². The molecule has 0 aromatic rings. The molecule has 0 aliphatic carbocycles. The average Bonchev–Trinajstić information content (AvgIpc) is 1.96. The lowest BCUT2D eigenvalue weighted by atomic mass is 10.1. The van der Waals surface area contributed by atoms with Crippen LogP contribution in [-0.4, -0.2) is 37.1 Å². The number of nitrogens with one attached hydrogen (secondary N) is 1. The lowest BCUT2D eigenvalue weighted by molar-refractivity contribution is 0.266. The molecule has 10 heavy (non-hydrogen) atoms. The molecule has 0 unspecified atom stereocenters. The first kappa shape index (κ1) is 8.02. The zero-order valence-corrected chi connectivity index (χ0v) is 7.22. The summed E-state index contributed by atoms with van der Waals surface area (Å²) in [5.41, 5.74) is 0. The highest BCUT2D eigenvalue weighted by molar-refractivity contribution is 4.75. The lowest BCUT2D eigenvalue weighted by Gasteiger charge is -2.21. The molecule has 1 rings (SSSR count). The van der Waals surface area contributed by atoms with Crippen LogP contribution in [0.25, 0.3) is 0 Å². The van der Waals surface area contributed by atoms with Gasteiger partial charge in [-0.1, -0.05) is 0 Å². The Bertz CT molecular complexity index is 103. The van der Waals surface area contributed by atoms with Crippen molar-refractivity contribution < 1.29 is 0 Å². The van der Waals surface area contributed by atoms with Crippen LogP contribution in [-0.2, 0) is 0 Å². The normalized spacial score (nSPS) is 37.5. The summed E-state index contributed by atoms with van der Waals surface area (Å²) >= 11 is 0. The van der Waals surface area contributed by atoms with Gasteiger partial charge in [0.2, 0.25) is 0 Å². The third-order valence-electron chi connectivity index (χ3n) is 2.40. The summed E-state index contributed by atoms with van der Waals surface area (Å²) in [7, 11) is 2.20. The van der Waals surface area contributed by atoms with E-state index in [0.29, 0.717) is 6.04 Å². The molecular weight excluding hydrogens is 124 g/mol. The van der Waals surface area contributed by atoms with Crippen LogP contribution in [0.15, 0.2) is 0 Å². The van der Waals surface area contributed by atoms with Gasteiger partial charge in [-0.2, -0.15) is 0 Å². The molecule has 0 aromatic carbocycles. The molecular formula is C8H18N2. The lowest BCUT2D eigenvalue weighted by Crippen LogP contribution is -2.29. The molecule has 0 spiro atoms. The summed E-state index contributed by atoms with van der Waals surface area (Å²) in [5, 5.41) is 3.46. The van der Waals surface area contributed by atoms with Crippen molar-refractivity contribution in [3.05, 3.63) is 0 Å². The smallest absolute Gasteiger partial charge is 0.0107 e. The van der Waals surface area contributed by atoms with Gasteiger partial charge in [-0.15, -0.1) is 0 Å². The summed E-state index contributed by atoms with van der Waals surface area (Å²) in [6.45, 7) is 6.88. The Kier molecular flexibility index (Phi) is 2.69. The van der Waals surface area contributed by atoms with E-state index in [9.17, 15) is 0 Å². The van der Waals surface area contributed by atoms with Crippen LogP contribution in [0.3, 0.4) is 0 Å². The molecule has 1 aliphatic heterocycles. The maximum absolute atomic E-state index is 3.46. The molecule has 1 aliphatic rings. The second-order valence-electron chi connectivity index (χ2n) is 3.42. The van der Waals surface area contributed by atoms with E-state index >= 15 is 0 Å². The topological polar surface area (TPSA) is 15.3 Å². The standard InChI is InChI=1S/C8H18N2/c1-7-6-8(2)10(3)5-4-9-7/h7-9H,4-6H2,1-3H3/t7-,8-/m1/s1. The molecule has 0 radical (unpaired) electrons. The highest BCUT2D eigenvalue weighted by Gasteiger charge is 2.15. The summed E-state index contributed by atoms with van der Waals surface area (Å²) in [4.78, 5) is 2.41. The van der Waals surface area contributed by atoms with Crippen LogP contribution in [0.5, 0.6) is 0 Å². The SMILES string of the molecule is C[C@@H]1C[C@@H](C)N(C)CCN1. The van der Waals surface area contributed by atoms with Crippen molar-refractivity contribution in [2.75, 3.05) is 20.1 Å². The van der Waals surface area contributed by atoms with Gasteiger partial charge in [-0.25, -0.2) is 0 Å². The van der Waals surface area contributed by atoms with Crippen molar-refractivity contribution in [1.82, 2.24) is 10.2 Å². The molecule has 0 saturated carbocycles. The summed E-state index contributed by atoms with van der Waals surface area (Å²) in [6, 6.07) is 1.44. The van der Waals surface area contributed by atoms with Crippen LogP contribution < -0.4 is 5.32 Å². The summed E-state index contributed by atoms with van der Waals surface area (Å²) in [5.74, 6) is 0. The van der Waals surface area contributed by atoms with Crippen LogP contribution in [0.2, 0.25) is 0 Å². The Balaban J connectivity index is 2.41. The first-order valence-electron chi connectivity index (χ1n) is 4.14. The fourth-order valence-electron chi connectivity index (χ4n) is 1.48. The first-order valence-corrected chi connectivity index (χ1v) is 4.14. The summed E-state index contributed by atoms with van der Waals surface area (Å²) in [6.07, 6.45) is 1.27. The van der Waals surface area contributed by atoms with E-state index in [4.69, 9.17) is 0 Å². The molecule has 2 atom stereocenters. The molecule has 0 amide bonds. The van der Waals surface area contributed by atoms with Crippen LogP contribution in [0, 0.1) is 0 Å². The molecule has 1 fully saturated rings. The maximum atomic E-state index is 3.46. The zero-order valence-electron chi connectivity index (χ0n) is 7.22. The van der Waals surface area contributed by atoms with Gasteiger partial charge in [0.15, 0.2) is 0 Å². The molecule has 1 saturated heterocycles. The molecule has 1 heterocycles. The van der Waals surface area contributed by atoms with Gasteiger partial charge in [0.25, 0.3) is 0 Å². The van der Waals surface area contributed by atoms with Gasteiger partial charge < -0.3 is 10.2 Å². The average molecular weight is 142 g/mol. The van der Waals surface area contributed by atoms with Gasteiger partial charge >= 0.3 is 0 Å². The van der Waals surface area contributed by atoms with E-state index in [2.05, 4.69) is 31.1 Å². The Labute approximate surface area is 63.6 Å². The summed E-state index contributed by atoms with van der Waals surface area (Å²) < 4.78 is 0. The maximum Gasteiger partial charge on any atom is 0.0107 e. The van der Waals surface area contributed by atoms with Gasteiger partial charge in [0, 0.05) is 25.2 Å².